The molecule has 0 fully saturated rings. The normalized spacial score (nSPS) is 16.5. The van der Waals surface area contributed by atoms with Gasteiger partial charge in [-0.2, -0.15) is 0 Å². The maximum Gasteiger partial charge on any atom is 0.323 e. The third-order valence-electron chi connectivity index (χ3n) is 3.73. The van der Waals surface area contributed by atoms with E-state index in [-0.39, 0.29) is 12.6 Å². The summed E-state index contributed by atoms with van der Waals surface area (Å²) in [5.41, 5.74) is 4.54. The van der Waals surface area contributed by atoms with Crippen molar-refractivity contribution in [3.8, 4) is 0 Å². The van der Waals surface area contributed by atoms with Gasteiger partial charge >= 0.3 is 6.03 Å². The molecule has 2 aromatic rings. The molecule has 7 heteroatoms. The van der Waals surface area contributed by atoms with E-state index in [1.54, 1.807) is 12.1 Å². The van der Waals surface area contributed by atoms with Gasteiger partial charge in [0.1, 0.15) is 6.54 Å². The van der Waals surface area contributed by atoms with Crippen molar-refractivity contribution < 1.29 is 9.59 Å². The van der Waals surface area contributed by atoms with E-state index in [1.165, 1.54) is 4.90 Å². The molecule has 23 heavy (non-hydrogen) atoms. The van der Waals surface area contributed by atoms with Gasteiger partial charge in [-0.25, -0.2) is 10.6 Å². The quantitative estimate of drug-likeness (QED) is 0.458. The summed E-state index contributed by atoms with van der Waals surface area (Å²) in [5, 5.41) is 3.40. The van der Waals surface area contributed by atoms with Crippen molar-refractivity contribution in [2.24, 2.45) is 5.84 Å². The number of para-hydroxylation sites is 1. The van der Waals surface area contributed by atoms with Crippen LogP contribution in [0.1, 0.15) is 17.2 Å². The Labute approximate surface area is 138 Å². The van der Waals surface area contributed by atoms with E-state index in [2.05, 4.69) is 10.7 Å². The van der Waals surface area contributed by atoms with Crippen molar-refractivity contribution in [3.63, 3.8) is 0 Å². The topological polar surface area (TPSA) is 87.5 Å². The fraction of sp³-hybridized carbons (Fsp3) is 0.125. The fourth-order valence-corrected chi connectivity index (χ4v) is 2.82. The van der Waals surface area contributed by atoms with Crippen LogP contribution in [0.25, 0.3) is 0 Å². The summed E-state index contributed by atoms with van der Waals surface area (Å²) in [7, 11) is 0. The third-order valence-corrected chi connectivity index (χ3v) is 3.98. The second kappa shape index (κ2) is 6.28. The van der Waals surface area contributed by atoms with Crippen LogP contribution in [0.15, 0.2) is 48.5 Å². The van der Waals surface area contributed by atoms with Crippen LogP contribution in [-0.4, -0.2) is 23.4 Å². The van der Waals surface area contributed by atoms with Crippen LogP contribution in [0, 0.1) is 0 Å². The highest BCUT2D eigenvalue weighted by Crippen LogP contribution is 2.37. The van der Waals surface area contributed by atoms with Crippen molar-refractivity contribution in [1.82, 2.24) is 10.3 Å². The first-order valence-electron chi connectivity index (χ1n) is 7.01. The number of carbonyl (C=O) groups excluding carboxylic acids is 2. The van der Waals surface area contributed by atoms with Crippen LogP contribution >= 0.6 is 11.6 Å². The Bertz CT molecular complexity index is 748. The minimum atomic E-state index is -0.446. The second-order valence-electron chi connectivity index (χ2n) is 5.17. The van der Waals surface area contributed by atoms with E-state index < -0.39 is 11.9 Å². The Morgan fingerprint density at radius 1 is 1.22 bits per heavy atom. The zero-order valence-electron chi connectivity index (χ0n) is 12.1. The molecule has 6 nitrogen and oxygen atoms in total. The summed E-state index contributed by atoms with van der Waals surface area (Å²) in [6, 6.07) is 13.9. The molecule has 0 saturated carbocycles. The van der Waals surface area contributed by atoms with Crippen LogP contribution in [0.5, 0.6) is 0 Å². The molecule has 3 rings (SSSR count). The molecule has 1 atom stereocenters. The first-order chi connectivity index (χ1) is 11.1. The number of nitrogens with one attached hydrogen (secondary N) is 2. The molecule has 0 radical (unpaired) electrons. The third kappa shape index (κ3) is 2.99. The number of hydrogen-bond donors (Lipinski definition) is 3. The summed E-state index contributed by atoms with van der Waals surface area (Å²) in [6.07, 6.45) is 0. The van der Waals surface area contributed by atoms with Crippen molar-refractivity contribution in [1.29, 1.82) is 0 Å². The maximum absolute atomic E-state index is 12.4. The first kappa shape index (κ1) is 15.3. The number of hydrazine groups is 1. The number of benzene rings is 2. The molecular formula is C16H15ClN4O2. The van der Waals surface area contributed by atoms with Crippen molar-refractivity contribution in [2.45, 2.75) is 6.04 Å². The Hall–Kier alpha value is -2.57. The average Bonchev–Trinajstić information content (AvgIpc) is 2.56. The molecule has 118 valence electrons. The van der Waals surface area contributed by atoms with Gasteiger partial charge in [-0.15, -0.1) is 0 Å². The molecule has 0 saturated heterocycles. The lowest BCUT2D eigenvalue weighted by molar-refractivity contribution is -0.122. The monoisotopic (exact) mass is 330 g/mol. The summed E-state index contributed by atoms with van der Waals surface area (Å²) >= 11 is 5.95. The van der Waals surface area contributed by atoms with Crippen molar-refractivity contribution >= 4 is 29.2 Å². The summed E-state index contributed by atoms with van der Waals surface area (Å²) in [4.78, 5) is 25.6. The van der Waals surface area contributed by atoms with Crippen LogP contribution in [0.4, 0.5) is 10.5 Å². The largest absolute Gasteiger partial charge is 0.323 e. The Morgan fingerprint density at radius 2 is 1.91 bits per heavy atom. The average molecular weight is 331 g/mol. The molecule has 2 aromatic carbocycles. The van der Waals surface area contributed by atoms with Gasteiger partial charge in [0.05, 0.1) is 6.04 Å². The number of fused-ring (bicyclic) bond motifs is 1. The van der Waals surface area contributed by atoms with Gasteiger partial charge in [-0.1, -0.05) is 41.9 Å². The number of urea groups is 1. The number of hydrogen-bond acceptors (Lipinski definition) is 3. The lowest BCUT2D eigenvalue weighted by Gasteiger charge is -2.37. The molecule has 4 N–H and O–H groups in total. The lowest BCUT2D eigenvalue weighted by atomic mass is 9.94. The van der Waals surface area contributed by atoms with E-state index in [9.17, 15) is 9.59 Å². The summed E-state index contributed by atoms with van der Waals surface area (Å²) < 4.78 is 0. The maximum atomic E-state index is 12.4. The molecular weight excluding hydrogens is 316 g/mol. The fourth-order valence-electron chi connectivity index (χ4n) is 2.69. The Balaban J connectivity index is 2.09. The molecule has 1 aliphatic rings. The minimum absolute atomic E-state index is 0.149. The lowest BCUT2D eigenvalue weighted by Crippen LogP contribution is -2.48. The smallest absolute Gasteiger partial charge is 0.307 e. The van der Waals surface area contributed by atoms with Gasteiger partial charge in [0, 0.05) is 16.3 Å². The number of nitrogens with two attached hydrogens (primary N) is 1. The van der Waals surface area contributed by atoms with E-state index >= 15 is 0 Å². The number of rotatable bonds is 3. The molecule has 0 bridgehead atoms. The van der Waals surface area contributed by atoms with E-state index in [0.29, 0.717) is 5.02 Å². The van der Waals surface area contributed by atoms with Crippen LogP contribution in [0.3, 0.4) is 0 Å². The molecule has 1 unspecified atom stereocenters. The van der Waals surface area contributed by atoms with Gasteiger partial charge in [0.2, 0.25) is 0 Å². The minimum Gasteiger partial charge on any atom is -0.307 e. The van der Waals surface area contributed by atoms with Gasteiger partial charge in [0.15, 0.2) is 0 Å². The number of nitrogens with zero attached hydrogens (tertiary/aromatic N) is 1. The highest BCUT2D eigenvalue weighted by atomic mass is 35.5. The van der Waals surface area contributed by atoms with Crippen LogP contribution in [-0.2, 0) is 4.79 Å². The first-order valence-corrected chi connectivity index (χ1v) is 7.39. The molecule has 0 aliphatic carbocycles. The van der Waals surface area contributed by atoms with Gasteiger partial charge in [-0.3, -0.25) is 10.2 Å². The van der Waals surface area contributed by atoms with E-state index in [1.807, 2.05) is 36.4 Å². The zero-order valence-corrected chi connectivity index (χ0v) is 12.9. The molecule has 3 amide bonds. The van der Waals surface area contributed by atoms with Crippen molar-refractivity contribution in [3.05, 3.63) is 64.7 Å². The van der Waals surface area contributed by atoms with E-state index in [0.717, 1.165) is 16.8 Å². The molecule has 0 aromatic heterocycles. The zero-order chi connectivity index (χ0) is 16.4. The summed E-state index contributed by atoms with van der Waals surface area (Å²) in [5.74, 6) is 4.71. The molecule has 1 heterocycles. The Kier molecular flexibility index (Phi) is 4.18. The van der Waals surface area contributed by atoms with Gasteiger partial charge < -0.3 is 10.2 Å². The number of carbonyl (C=O) groups is 2. The highest BCUT2D eigenvalue weighted by molar-refractivity contribution is 6.30. The SMILES string of the molecule is NNC(=O)CN1C(=O)Nc2ccccc2C1c1ccc(Cl)cc1. The molecule has 1 aliphatic heterocycles. The second-order valence-corrected chi connectivity index (χ2v) is 5.60. The van der Waals surface area contributed by atoms with E-state index in [4.69, 9.17) is 17.4 Å². The van der Waals surface area contributed by atoms with Gasteiger partial charge in [-0.05, 0) is 23.8 Å². The van der Waals surface area contributed by atoms with Gasteiger partial charge in [0.25, 0.3) is 5.91 Å². The standard InChI is InChI=1S/C16H15ClN4O2/c17-11-7-5-10(6-8-11)15-12-3-1-2-4-13(12)19-16(23)21(15)9-14(22)20-18/h1-8,15H,9,18H2,(H,19,23)(H,20,22). The van der Waals surface area contributed by atoms with Crippen LogP contribution < -0.4 is 16.6 Å². The highest BCUT2D eigenvalue weighted by Gasteiger charge is 2.34. The predicted molar refractivity (Wildman–Crippen MR) is 87.8 cm³/mol. The molecule has 0 spiro atoms. The Morgan fingerprint density at radius 3 is 2.61 bits per heavy atom. The summed E-state index contributed by atoms with van der Waals surface area (Å²) in [6.45, 7) is -0.149. The predicted octanol–water partition coefficient (Wildman–Crippen LogP) is 2.27. The number of anilines is 1. The van der Waals surface area contributed by atoms with Crippen LogP contribution in [0.2, 0.25) is 5.02 Å². The number of halogens is 1. The van der Waals surface area contributed by atoms with Crippen molar-refractivity contribution in [2.75, 3.05) is 11.9 Å². The number of amides is 3.